The Morgan fingerprint density at radius 3 is 2.53 bits per heavy atom. The number of aryl methyl sites for hydroxylation is 3. The van der Waals surface area contributed by atoms with E-state index >= 15 is 0 Å². The van der Waals surface area contributed by atoms with Crippen molar-refractivity contribution in [2.45, 2.75) is 46.6 Å². The third-order valence-corrected chi connectivity index (χ3v) is 4.53. The maximum atomic E-state index is 6.14. The first-order chi connectivity index (χ1) is 9.02. The Bertz CT molecular complexity index is 572. The molecule has 0 bridgehead atoms. The van der Waals surface area contributed by atoms with Gasteiger partial charge in [0, 0.05) is 10.9 Å². The van der Waals surface area contributed by atoms with Gasteiger partial charge in [0.15, 0.2) is 0 Å². The summed E-state index contributed by atoms with van der Waals surface area (Å²) in [4.78, 5) is 4.72. The molecule has 0 aliphatic heterocycles. The van der Waals surface area contributed by atoms with Crippen molar-refractivity contribution >= 4 is 11.3 Å². The molecule has 0 amide bonds. The minimum atomic E-state index is 0.0793. The normalized spacial score (nSPS) is 12.7. The van der Waals surface area contributed by atoms with Crippen molar-refractivity contribution in [3.63, 3.8) is 0 Å². The zero-order valence-electron chi connectivity index (χ0n) is 12.2. The van der Waals surface area contributed by atoms with Gasteiger partial charge in [0.05, 0.1) is 11.7 Å². The zero-order valence-corrected chi connectivity index (χ0v) is 13.0. The van der Waals surface area contributed by atoms with Crippen molar-refractivity contribution in [2.75, 3.05) is 0 Å². The molecule has 2 rings (SSSR count). The van der Waals surface area contributed by atoms with E-state index in [1.807, 2.05) is 0 Å². The lowest BCUT2D eigenvalue weighted by atomic mass is 9.99. The fourth-order valence-corrected chi connectivity index (χ4v) is 3.11. The summed E-state index contributed by atoms with van der Waals surface area (Å²) in [6.45, 7) is 8.60. The standard InChI is InChI=1S/C16H22N2S/c1-5-6-14(17)16-18-15(9-19-16)13-8-11(3)10(2)7-12(13)4/h7-9,14H,5-6,17H2,1-4H3. The molecule has 1 aromatic carbocycles. The van der Waals surface area contributed by atoms with E-state index in [9.17, 15) is 0 Å². The van der Waals surface area contributed by atoms with E-state index in [0.717, 1.165) is 23.5 Å². The Balaban J connectivity index is 2.35. The maximum Gasteiger partial charge on any atom is 0.110 e. The number of hydrogen-bond donors (Lipinski definition) is 1. The molecule has 0 spiro atoms. The van der Waals surface area contributed by atoms with Gasteiger partial charge in [-0.2, -0.15) is 0 Å². The van der Waals surface area contributed by atoms with Crippen molar-refractivity contribution in [2.24, 2.45) is 5.73 Å². The van der Waals surface area contributed by atoms with Crippen LogP contribution in [0.4, 0.5) is 0 Å². The zero-order chi connectivity index (χ0) is 14.0. The number of rotatable bonds is 4. The van der Waals surface area contributed by atoms with Crippen LogP contribution >= 0.6 is 11.3 Å². The number of nitrogens with zero attached hydrogens (tertiary/aromatic N) is 1. The van der Waals surface area contributed by atoms with Crippen LogP contribution in [0, 0.1) is 20.8 Å². The van der Waals surface area contributed by atoms with Crippen molar-refractivity contribution in [1.82, 2.24) is 4.98 Å². The number of thiazole rings is 1. The average Bonchev–Trinajstić information content (AvgIpc) is 2.83. The van der Waals surface area contributed by atoms with Gasteiger partial charge in [-0.25, -0.2) is 4.98 Å². The predicted octanol–water partition coefficient (Wildman–Crippen LogP) is 4.54. The van der Waals surface area contributed by atoms with Crippen LogP contribution in [0.3, 0.4) is 0 Å². The summed E-state index contributed by atoms with van der Waals surface area (Å²) in [6.07, 6.45) is 2.09. The lowest BCUT2D eigenvalue weighted by Gasteiger charge is -2.08. The molecular weight excluding hydrogens is 252 g/mol. The molecule has 102 valence electrons. The molecule has 0 aliphatic carbocycles. The van der Waals surface area contributed by atoms with Gasteiger partial charge < -0.3 is 5.73 Å². The molecule has 2 aromatic rings. The van der Waals surface area contributed by atoms with Gasteiger partial charge in [-0.3, -0.25) is 0 Å². The highest BCUT2D eigenvalue weighted by atomic mass is 32.1. The molecule has 2 nitrogen and oxygen atoms in total. The quantitative estimate of drug-likeness (QED) is 0.889. The molecule has 1 aromatic heterocycles. The van der Waals surface area contributed by atoms with E-state index in [2.05, 4.69) is 45.2 Å². The molecule has 2 N–H and O–H groups in total. The molecule has 3 heteroatoms. The molecule has 1 heterocycles. The maximum absolute atomic E-state index is 6.14. The summed E-state index contributed by atoms with van der Waals surface area (Å²) in [6, 6.07) is 4.54. The van der Waals surface area contributed by atoms with Gasteiger partial charge in [-0.05, 0) is 49.9 Å². The highest BCUT2D eigenvalue weighted by molar-refractivity contribution is 7.10. The summed E-state index contributed by atoms with van der Waals surface area (Å²) in [5.41, 5.74) is 12.4. The number of hydrogen-bond acceptors (Lipinski definition) is 3. The third-order valence-electron chi connectivity index (χ3n) is 3.56. The molecule has 0 saturated carbocycles. The second-order valence-corrected chi connectivity index (χ2v) is 6.11. The van der Waals surface area contributed by atoms with Gasteiger partial charge in [-0.1, -0.05) is 19.4 Å². The SMILES string of the molecule is CCCC(N)c1nc(-c2cc(C)c(C)cc2C)cs1. The fourth-order valence-electron chi connectivity index (χ4n) is 2.25. The number of benzene rings is 1. The Morgan fingerprint density at radius 2 is 1.84 bits per heavy atom. The first-order valence-corrected chi connectivity index (χ1v) is 7.70. The largest absolute Gasteiger partial charge is 0.322 e. The molecule has 1 unspecified atom stereocenters. The molecule has 19 heavy (non-hydrogen) atoms. The lowest BCUT2D eigenvalue weighted by Crippen LogP contribution is -2.09. The van der Waals surface area contributed by atoms with E-state index in [4.69, 9.17) is 10.7 Å². The van der Waals surface area contributed by atoms with E-state index in [1.54, 1.807) is 11.3 Å². The molecule has 0 aliphatic rings. The van der Waals surface area contributed by atoms with Gasteiger partial charge in [-0.15, -0.1) is 11.3 Å². The summed E-state index contributed by atoms with van der Waals surface area (Å²) in [5.74, 6) is 0. The van der Waals surface area contributed by atoms with E-state index in [-0.39, 0.29) is 6.04 Å². The summed E-state index contributed by atoms with van der Waals surface area (Å²) in [7, 11) is 0. The summed E-state index contributed by atoms with van der Waals surface area (Å²) < 4.78 is 0. The van der Waals surface area contributed by atoms with E-state index in [1.165, 1.54) is 22.3 Å². The molecule has 1 atom stereocenters. The van der Waals surface area contributed by atoms with Crippen LogP contribution in [0.15, 0.2) is 17.5 Å². The first-order valence-electron chi connectivity index (χ1n) is 6.82. The minimum Gasteiger partial charge on any atom is -0.322 e. The molecular formula is C16H22N2S. The Morgan fingerprint density at radius 1 is 1.16 bits per heavy atom. The second kappa shape index (κ2) is 5.85. The highest BCUT2D eigenvalue weighted by Crippen LogP contribution is 2.30. The van der Waals surface area contributed by atoms with Gasteiger partial charge >= 0.3 is 0 Å². The molecule has 0 radical (unpaired) electrons. The van der Waals surface area contributed by atoms with Crippen molar-refractivity contribution in [1.29, 1.82) is 0 Å². The number of aromatic nitrogens is 1. The van der Waals surface area contributed by atoms with Gasteiger partial charge in [0.25, 0.3) is 0 Å². The molecule has 0 saturated heterocycles. The van der Waals surface area contributed by atoms with Crippen molar-refractivity contribution < 1.29 is 0 Å². The Kier molecular flexibility index (Phi) is 4.38. The monoisotopic (exact) mass is 274 g/mol. The predicted molar refractivity (Wildman–Crippen MR) is 83.6 cm³/mol. The van der Waals surface area contributed by atoms with Crippen molar-refractivity contribution in [3.8, 4) is 11.3 Å². The van der Waals surface area contributed by atoms with Crippen molar-refractivity contribution in [3.05, 3.63) is 39.2 Å². The third kappa shape index (κ3) is 3.04. The topological polar surface area (TPSA) is 38.9 Å². The smallest absolute Gasteiger partial charge is 0.110 e. The Hall–Kier alpha value is -1.19. The summed E-state index contributed by atoms with van der Waals surface area (Å²) >= 11 is 1.68. The highest BCUT2D eigenvalue weighted by Gasteiger charge is 2.13. The van der Waals surface area contributed by atoms with Crippen LogP contribution in [0.2, 0.25) is 0 Å². The summed E-state index contributed by atoms with van der Waals surface area (Å²) in [5, 5.41) is 3.18. The van der Waals surface area contributed by atoms with Crippen LogP contribution in [-0.4, -0.2) is 4.98 Å². The lowest BCUT2D eigenvalue weighted by molar-refractivity contribution is 0.635. The average molecular weight is 274 g/mol. The molecule has 0 fully saturated rings. The van der Waals surface area contributed by atoms with Gasteiger partial charge in [0.1, 0.15) is 5.01 Å². The van der Waals surface area contributed by atoms with E-state index in [0.29, 0.717) is 0 Å². The first kappa shape index (κ1) is 14.2. The van der Waals surface area contributed by atoms with Crippen LogP contribution < -0.4 is 5.73 Å². The number of nitrogens with two attached hydrogens (primary N) is 1. The van der Waals surface area contributed by atoms with Crippen LogP contribution in [0.1, 0.15) is 47.5 Å². The fraction of sp³-hybridized carbons (Fsp3) is 0.438. The van der Waals surface area contributed by atoms with E-state index < -0.39 is 0 Å². The second-order valence-electron chi connectivity index (χ2n) is 5.22. The van der Waals surface area contributed by atoms with Crippen LogP contribution in [0.25, 0.3) is 11.3 Å². The van der Waals surface area contributed by atoms with Crippen LogP contribution in [-0.2, 0) is 0 Å². The van der Waals surface area contributed by atoms with Crippen LogP contribution in [0.5, 0.6) is 0 Å². The Labute approximate surface area is 119 Å². The minimum absolute atomic E-state index is 0.0793. The van der Waals surface area contributed by atoms with Gasteiger partial charge in [0.2, 0.25) is 0 Å².